The molecule has 28 heavy (non-hydrogen) atoms. The lowest BCUT2D eigenvalue weighted by molar-refractivity contribution is -0.128. The monoisotopic (exact) mass is 463 g/mol. The number of amides is 1. The van der Waals surface area contributed by atoms with Gasteiger partial charge in [0.05, 0.1) is 5.02 Å². The maximum Gasteiger partial charge on any atom is 0.267 e. The third kappa shape index (κ3) is 4.76. The van der Waals surface area contributed by atoms with Gasteiger partial charge in [-0.15, -0.1) is 0 Å². The number of hydrogen-bond acceptors (Lipinski definition) is 4. The van der Waals surface area contributed by atoms with E-state index < -0.39 is 5.60 Å². The Morgan fingerprint density at radius 2 is 1.89 bits per heavy atom. The zero-order valence-corrected chi connectivity index (χ0v) is 17.7. The number of benzene rings is 2. The second kappa shape index (κ2) is 8.39. The van der Waals surface area contributed by atoms with Gasteiger partial charge in [-0.2, -0.15) is 0 Å². The minimum absolute atomic E-state index is 0.199. The van der Waals surface area contributed by atoms with Crippen molar-refractivity contribution in [3.8, 4) is 17.1 Å². The van der Waals surface area contributed by atoms with E-state index in [2.05, 4.69) is 21.2 Å². The van der Waals surface area contributed by atoms with Crippen LogP contribution in [0.25, 0.3) is 11.3 Å². The molecule has 1 aromatic heterocycles. The van der Waals surface area contributed by atoms with Crippen LogP contribution in [0.4, 0.5) is 5.69 Å². The minimum atomic E-state index is -1.09. The fourth-order valence-corrected chi connectivity index (χ4v) is 3.00. The number of carbonyl (C=O) groups excluding carboxylic acids is 1. The summed E-state index contributed by atoms with van der Waals surface area (Å²) in [6.07, 6.45) is 0. The SMILES string of the molecule is CC(C)(Oc1ccc(Br)cc1)C(=O)Nc1ccc(Cl)c(-c2ccc(CO)o2)c1. The van der Waals surface area contributed by atoms with Crippen LogP contribution >= 0.6 is 27.5 Å². The van der Waals surface area contributed by atoms with Crippen molar-refractivity contribution in [1.29, 1.82) is 0 Å². The van der Waals surface area contributed by atoms with Gasteiger partial charge in [0.25, 0.3) is 5.91 Å². The standard InChI is InChI=1S/C21H19BrClNO4/c1-21(2,28-15-6-3-13(22)4-7-15)20(26)24-14-5-9-18(23)17(11-14)19-10-8-16(12-25)27-19/h3-11,25H,12H2,1-2H3,(H,24,26). The average molecular weight is 465 g/mol. The molecule has 0 spiro atoms. The summed E-state index contributed by atoms with van der Waals surface area (Å²) in [7, 11) is 0. The van der Waals surface area contributed by atoms with Crippen molar-refractivity contribution in [2.24, 2.45) is 0 Å². The Morgan fingerprint density at radius 3 is 2.54 bits per heavy atom. The first-order chi connectivity index (χ1) is 13.3. The lowest BCUT2D eigenvalue weighted by Crippen LogP contribution is -2.42. The molecule has 5 nitrogen and oxygen atoms in total. The summed E-state index contributed by atoms with van der Waals surface area (Å²) < 4.78 is 12.3. The second-order valence-electron chi connectivity index (χ2n) is 6.64. The van der Waals surface area contributed by atoms with Crippen LogP contribution in [-0.4, -0.2) is 16.6 Å². The zero-order chi connectivity index (χ0) is 20.3. The van der Waals surface area contributed by atoms with Gasteiger partial charge in [0.15, 0.2) is 5.60 Å². The Balaban J connectivity index is 1.77. The predicted octanol–water partition coefficient (Wildman–Crippen LogP) is 5.65. The van der Waals surface area contributed by atoms with Gasteiger partial charge in [-0.3, -0.25) is 4.79 Å². The highest BCUT2D eigenvalue weighted by Crippen LogP contribution is 2.32. The first-order valence-electron chi connectivity index (χ1n) is 8.54. The van der Waals surface area contributed by atoms with Crippen molar-refractivity contribution in [2.75, 3.05) is 5.32 Å². The van der Waals surface area contributed by atoms with Gasteiger partial charge in [-0.05, 0) is 68.4 Å². The fraction of sp³-hybridized carbons (Fsp3) is 0.190. The highest BCUT2D eigenvalue weighted by Gasteiger charge is 2.30. The molecule has 3 rings (SSSR count). The molecular weight excluding hydrogens is 446 g/mol. The van der Waals surface area contributed by atoms with E-state index in [1.807, 2.05) is 12.1 Å². The third-order valence-electron chi connectivity index (χ3n) is 4.04. The summed E-state index contributed by atoms with van der Waals surface area (Å²) in [4.78, 5) is 12.8. The first-order valence-corrected chi connectivity index (χ1v) is 9.71. The first kappa shape index (κ1) is 20.5. The van der Waals surface area contributed by atoms with Crippen molar-refractivity contribution in [1.82, 2.24) is 0 Å². The number of furan rings is 1. The number of nitrogens with one attached hydrogen (secondary N) is 1. The molecule has 2 N–H and O–H groups in total. The molecule has 0 aliphatic carbocycles. The Bertz CT molecular complexity index is 982. The quantitative estimate of drug-likeness (QED) is 0.494. The van der Waals surface area contributed by atoms with E-state index in [9.17, 15) is 4.79 Å². The van der Waals surface area contributed by atoms with Crippen LogP contribution in [0.2, 0.25) is 5.02 Å². The third-order valence-corrected chi connectivity index (χ3v) is 4.90. The highest BCUT2D eigenvalue weighted by molar-refractivity contribution is 9.10. The molecule has 2 aromatic carbocycles. The zero-order valence-electron chi connectivity index (χ0n) is 15.3. The number of carbonyl (C=O) groups is 1. The van der Waals surface area contributed by atoms with Gasteiger partial charge in [0.2, 0.25) is 0 Å². The normalized spacial score (nSPS) is 11.3. The average Bonchev–Trinajstić information content (AvgIpc) is 3.14. The molecule has 3 aromatic rings. The van der Waals surface area contributed by atoms with E-state index in [1.54, 1.807) is 56.3 Å². The second-order valence-corrected chi connectivity index (χ2v) is 7.96. The molecule has 0 saturated heterocycles. The molecule has 0 atom stereocenters. The summed E-state index contributed by atoms with van der Waals surface area (Å²) in [6, 6.07) is 15.8. The molecule has 0 saturated carbocycles. The number of ether oxygens (including phenoxy) is 1. The number of rotatable bonds is 6. The van der Waals surface area contributed by atoms with Crippen LogP contribution in [0.15, 0.2) is 63.5 Å². The maximum absolute atomic E-state index is 12.8. The van der Waals surface area contributed by atoms with E-state index >= 15 is 0 Å². The van der Waals surface area contributed by atoms with Gasteiger partial charge >= 0.3 is 0 Å². The molecule has 1 heterocycles. The van der Waals surface area contributed by atoms with Gasteiger partial charge in [0, 0.05) is 15.7 Å². The Labute approximate surface area is 176 Å². The van der Waals surface area contributed by atoms with Gasteiger partial charge in [-0.1, -0.05) is 27.5 Å². The van der Waals surface area contributed by atoms with Crippen molar-refractivity contribution >= 4 is 39.1 Å². The van der Waals surface area contributed by atoms with Crippen LogP contribution in [0, 0.1) is 0 Å². The summed E-state index contributed by atoms with van der Waals surface area (Å²) in [5.74, 6) is 1.23. The van der Waals surface area contributed by atoms with Crippen LogP contribution < -0.4 is 10.1 Å². The van der Waals surface area contributed by atoms with Crippen LogP contribution in [0.3, 0.4) is 0 Å². The van der Waals surface area contributed by atoms with E-state index in [0.29, 0.717) is 33.5 Å². The van der Waals surface area contributed by atoms with E-state index in [0.717, 1.165) is 4.47 Å². The van der Waals surface area contributed by atoms with E-state index in [4.69, 9.17) is 25.9 Å². The Kier molecular flexibility index (Phi) is 6.13. The van der Waals surface area contributed by atoms with Crippen molar-refractivity contribution < 1.29 is 19.1 Å². The lowest BCUT2D eigenvalue weighted by Gasteiger charge is -2.25. The number of anilines is 1. The molecule has 0 unspecified atom stereocenters. The molecule has 0 fully saturated rings. The fourth-order valence-electron chi connectivity index (χ4n) is 2.52. The molecular formula is C21H19BrClNO4. The number of aliphatic hydroxyl groups excluding tert-OH is 1. The van der Waals surface area contributed by atoms with Crippen LogP contribution in [0.1, 0.15) is 19.6 Å². The molecule has 1 amide bonds. The highest BCUT2D eigenvalue weighted by atomic mass is 79.9. The number of hydrogen-bond donors (Lipinski definition) is 2. The molecule has 7 heteroatoms. The van der Waals surface area contributed by atoms with Crippen molar-refractivity contribution in [3.05, 3.63) is 69.9 Å². The predicted molar refractivity (Wildman–Crippen MR) is 113 cm³/mol. The van der Waals surface area contributed by atoms with E-state index in [1.165, 1.54) is 0 Å². The summed E-state index contributed by atoms with van der Waals surface area (Å²) >= 11 is 9.63. The van der Waals surface area contributed by atoms with Gasteiger partial charge in [0.1, 0.15) is 23.9 Å². The largest absolute Gasteiger partial charge is 0.478 e. The molecule has 146 valence electrons. The Hall–Kier alpha value is -2.28. The molecule has 0 radical (unpaired) electrons. The summed E-state index contributed by atoms with van der Waals surface area (Å²) in [5.41, 5.74) is 0.0761. The van der Waals surface area contributed by atoms with Gasteiger partial charge < -0.3 is 19.6 Å². The van der Waals surface area contributed by atoms with E-state index in [-0.39, 0.29) is 12.5 Å². The van der Waals surface area contributed by atoms with Crippen molar-refractivity contribution in [3.63, 3.8) is 0 Å². The molecule has 0 bridgehead atoms. The maximum atomic E-state index is 12.8. The smallest absolute Gasteiger partial charge is 0.267 e. The minimum Gasteiger partial charge on any atom is -0.478 e. The lowest BCUT2D eigenvalue weighted by atomic mass is 10.1. The number of halogens is 2. The van der Waals surface area contributed by atoms with Gasteiger partial charge in [-0.25, -0.2) is 0 Å². The van der Waals surface area contributed by atoms with Crippen molar-refractivity contribution in [2.45, 2.75) is 26.1 Å². The van der Waals surface area contributed by atoms with Crippen LogP contribution in [0.5, 0.6) is 5.75 Å². The van der Waals surface area contributed by atoms with Crippen LogP contribution in [-0.2, 0) is 11.4 Å². The topological polar surface area (TPSA) is 71.7 Å². The summed E-state index contributed by atoms with van der Waals surface area (Å²) in [6.45, 7) is 3.19. The molecule has 0 aliphatic rings. The number of aliphatic hydroxyl groups is 1. The Morgan fingerprint density at radius 1 is 1.18 bits per heavy atom. The molecule has 0 aliphatic heterocycles. The summed E-state index contributed by atoms with van der Waals surface area (Å²) in [5, 5.41) is 12.5.